The second kappa shape index (κ2) is 8.68. The van der Waals surface area contributed by atoms with Gasteiger partial charge in [0.05, 0.1) is 22.7 Å². The minimum absolute atomic E-state index is 0. The molecule has 1 aliphatic rings. The molecule has 0 aliphatic heterocycles. The van der Waals surface area contributed by atoms with Crippen LogP contribution in [-0.4, -0.2) is 26.8 Å². The van der Waals surface area contributed by atoms with Crippen LogP contribution in [0, 0.1) is 0 Å². The summed E-state index contributed by atoms with van der Waals surface area (Å²) in [5.41, 5.74) is 9.52. The van der Waals surface area contributed by atoms with Crippen molar-refractivity contribution in [3.05, 3.63) is 82.8 Å². The molecule has 0 bridgehead atoms. The van der Waals surface area contributed by atoms with Gasteiger partial charge in [-0.25, -0.2) is 9.50 Å². The molecule has 0 atom stereocenters. The van der Waals surface area contributed by atoms with Crippen LogP contribution in [0.3, 0.4) is 0 Å². The molecule has 1 amide bonds. The fourth-order valence-electron chi connectivity index (χ4n) is 4.30. The Kier molecular flexibility index (Phi) is 6.13. The maximum atomic E-state index is 13.2. The van der Waals surface area contributed by atoms with E-state index in [4.69, 9.17) is 5.73 Å². The summed E-state index contributed by atoms with van der Waals surface area (Å²) in [6, 6.07) is 12.3. The number of halogens is 3. The van der Waals surface area contributed by atoms with Gasteiger partial charge in [-0.1, -0.05) is 43.3 Å². The number of amides is 1. The van der Waals surface area contributed by atoms with Crippen LogP contribution in [0.1, 0.15) is 51.7 Å². The van der Waals surface area contributed by atoms with E-state index in [1.807, 2.05) is 24.3 Å². The summed E-state index contributed by atoms with van der Waals surface area (Å²) in [5, 5.41) is 4.22. The maximum absolute atomic E-state index is 13.2. The first-order chi connectivity index (χ1) is 16.1. The average molecular weight is 565 g/mol. The minimum Gasteiger partial charge on any atom is -0.663 e. The van der Waals surface area contributed by atoms with Crippen molar-refractivity contribution >= 4 is 17.8 Å². The van der Waals surface area contributed by atoms with Crippen LogP contribution in [0.2, 0.25) is 0 Å². The predicted molar refractivity (Wildman–Crippen MR) is 119 cm³/mol. The zero-order valence-corrected chi connectivity index (χ0v) is 20.1. The Morgan fingerprint density at radius 3 is 2.31 bits per heavy atom. The van der Waals surface area contributed by atoms with Gasteiger partial charge in [-0.3, -0.25) is 4.79 Å². The normalized spacial score (nSPS) is 14.4. The van der Waals surface area contributed by atoms with E-state index >= 15 is 0 Å². The van der Waals surface area contributed by atoms with Crippen molar-refractivity contribution < 1.29 is 42.2 Å². The smallest absolute Gasteiger partial charge is 0.663 e. The number of aldehydes is 1. The summed E-state index contributed by atoms with van der Waals surface area (Å²) in [6.07, 6.45) is -0.599. The van der Waals surface area contributed by atoms with E-state index in [9.17, 15) is 22.8 Å². The number of aromatic nitrogens is 3. The van der Waals surface area contributed by atoms with Gasteiger partial charge in [0, 0.05) is 17.3 Å². The number of alkyl halides is 3. The SMILES string of the molecule is CC1(c2ccccc2-c2cnc3c(C([NH-])=O)c(C=O)nn3c2-c2ccc(C(F)(F)F)cc2)CC1.[Ru+]. The van der Waals surface area contributed by atoms with Crippen molar-refractivity contribution in [3.63, 3.8) is 0 Å². The molecule has 2 aromatic carbocycles. The molecule has 2 aromatic heterocycles. The quantitative estimate of drug-likeness (QED) is 0.215. The second-order valence-electron chi connectivity index (χ2n) is 8.64. The summed E-state index contributed by atoms with van der Waals surface area (Å²) >= 11 is 0. The first-order valence-electron chi connectivity index (χ1n) is 10.5. The van der Waals surface area contributed by atoms with E-state index in [-0.39, 0.29) is 41.8 Å². The summed E-state index contributed by atoms with van der Waals surface area (Å²) in [7, 11) is 0. The van der Waals surface area contributed by atoms with Gasteiger partial charge < -0.3 is 10.5 Å². The third-order valence-corrected chi connectivity index (χ3v) is 6.36. The molecule has 0 saturated heterocycles. The van der Waals surface area contributed by atoms with Crippen molar-refractivity contribution in [2.45, 2.75) is 31.4 Å². The van der Waals surface area contributed by atoms with Crippen molar-refractivity contribution in [1.82, 2.24) is 14.6 Å². The van der Waals surface area contributed by atoms with Gasteiger partial charge in [-0.15, -0.1) is 0 Å². The molecule has 10 heteroatoms. The standard InChI is InChI=1S/C25H19F3N4O2.Ru/c1-24(10-11-24)18-5-3-2-4-16(18)17-12-30-23-20(22(29)34)19(13-33)31-32(23)21(17)14-6-8-15(9-7-14)25(26,27)28;/h2-9,12-13H,10-11H2,1H3,(H2,29,34);/q;+1/p-1. The van der Waals surface area contributed by atoms with Gasteiger partial charge >= 0.3 is 25.7 Å². The Bertz CT molecular complexity index is 1460. The number of carbonyl (C=O) groups excluding carboxylic acids is 2. The first-order valence-corrected chi connectivity index (χ1v) is 10.5. The van der Waals surface area contributed by atoms with Crippen LogP contribution in [0.15, 0.2) is 54.7 Å². The van der Waals surface area contributed by atoms with Crippen LogP contribution in [0.5, 0.6) is 0 Å². The van der Waals surface area contributed by atoms with E-state index in [2.05, 4.69) is 17.0 Å². The number of rotatable bonds is 5. The molecule has 1 fully saturated rings. The fraction of sp³-hybridized carbons (Fsp3) is 0.200. The Labute approximate surface area is 211 Å². The molecule has 35 heavy (non-hydrogen) atoms. The molecule has 1 saturated carbocycles. The van der Waals surface area contributed by atoms with Crippen molar-refractivity contribution in [3.8, 4) is 22.4 Å². The number of fused-ring (bicyclic) bond motifs is 1. The summed E-state index contributed by atoms with van der Waals surface area (Å²) in [4.78, 5) is 27.9. The van der Waals surface area contributed by atoms with Crippen LogP contribution in [0.25, 0.3) is 33.8 Å². The Hall–Kier alpha value is -3.39. The molecular weight excluding hydrogens is 546 g/mol. The zero-order valence-electron chi connectivity index (χ0n) is 18.3. The Balaban J connectivity index is 0.00000289. The Morgan fingerprint density at radius 2 is 1.74 bits per heavy atom. The average Bonchev–Trinajstić information content (AvgIpc) is 3.44. The van der Waals surface area contributed by atoms with Gasteiger partial charge in [0.2, 0.25) is 0 Å². The summed E-state index contributed by atoms with van der Waals surface area (Å²) < 4.78 is 40.8. The van der Waals surface area contributed by atoms with Gasteiger partial charge in [0.15, 0.2) is 11.9 Å². The third-order valence-electron chi connectivity index (χ3n) is 6.36. The van der Waals surface area contributed by atoms with Crippen LogP contribution < -0.4 is 0 Å². The molecule has 4 aromatic rings. The molecular formula is C25H18F3N4O2Ru. The van der Waals surface area contributed by atoms with E-state index < -0.39 is 17.6 Å². The van der Waals surface area contributed by atoms with E-state index in [0.29, 0.717) is 23.1 Å². The molecule has 5 rings (SSSR count). The van der Waals surface area contributed by atoms with Crippen LogP contribution >= 0.6 is 0 Å². The molecule has 2 heterocycles. The number of carbonyl (C=O) groups is 2. The largest absolute Gasteiger partial charge is 1.00 e. The van der Waals surface area contributed by atoms with Crippen molar-refractivity contribution in [2.24, 2.45) is 0 Å². The number of hydrogen-bond donors (Lipinski definition) is 0. The Morgan fingerprint density at radius 1 is 1.09 bits per heavy atom. The monoisotopic (exact) mass is 565 g/mol. The van der Waals surface area contributed by atoms with Crippen molar-refractivity contribution in [1.29, 1.82) is 0 Å². The first kappa shape index (κ1) is 24.7. The molecule has 1 radical (unpaired) electrons. The minimum atomic E-state index is -4.50. The third kappa shape index (κ3) is 4.16. The van der Waals surface area contributed by atoms with Gasteiger partial charge in [-0.05, 0) is 41.5 Å². The van der Waals surface area contributed by atoms with Gasteiger partial charge in [-0.2, -0.15) is 18.3 Å². The maximum Gasteiger partial charge on any atom is 1.00 e. The number of hydrogen-bond acceptors (Lipinski definition) is 4. The van der Waals surface area contributed by atoms with E-state index in [1.165, 1.54) is 22.8 Å². The molecule has 179 valence electrons. The van der Waals surface area contributed by atoms with Crippen molar-refractivity contribution in [2.75, 3.05) is 0 Å². The molecule has 1 aliphatic carbocycles. The van der Waals surface area contributed by atoms with Crippen LogP contribution in [0.4, 0.5) is 13.2 Å². The second-order valence-corrected chi connectivity index (χ2v) is 8.64. The number of nitrogens with zero attached hydrogens (tertiary/aromatic N) is 3. The fourth-order valence-corrected chi connectivity index (χ4v) is 4.30. The zero-order chi connectivity index (χ0) is 24.3. The van der Waals surface area contributed by atoms with Gasteiger partial charge in [0.25, 0.3) is 0 Å². The van der Waals surface area contributed by atoms with Gasteiger partial charge in [0.1, 0.15) is 5.69 Å². The summed E-state index contributed by atoms with van der Waals surface area (Å²) in [5.74, 6) is -1.12. The molecule has 0 spiro atoms. The molecule has 6 nitrogen and oxygen atoms in total. The van der Waals surface area contributed by atoms with E-state index in [1.54, 1.807) is 0 Å². The molecule has 1 N–H and O–H groups in total. The summed E-state index contributed by atoms with van der Waals surface area (Å²) in [6.45, 7) is 2.14. The van der Waals surface area contributed by atoms with Crippen LogP contribution in [-0.2, 0) is 31.1 Å². The number of benzene rings is 2. The topological polar surface area (TPSA) is 88.1 Å². The predicted octanol–water partition coefficient (Wildman–Crippen LogP) is 6.14. The number of nitrogens with one attached hydrogen (secondary N) is 1. The molecule has 0 unspecified atom stereocenters. The van der Waals surface area contributed by atoms with E-state index in [0.717, 1.165) is 36.1 Å².